The number of nitrogen functional groups attached to an aromatic ring is 1. The predicted octanol–water partition coefficient (Wildman–Crippen LogP) is 3.01. The minimum absolute atomic E-state index is 0. The minimum atomic E-state index is -0.347. The van der Waals surface area contributed by atoms with Gasteiger partial charge in [-0.2, -0.15) is 0 Å². The quantitative estimate of drug-likeness (QED) is 0.633. The van der Waals surface area contributed by atoms with E-state index in [2.05, 4.69) is 4.74 Å². The lowest BCUT2D eigenvalue weighted by Crippen LogP contribution is -2.36. The normalized spacial score (nSPS) is 10.0. The van der Waals surface area contributed by atoms with Gasteiger partial charge in [-0.15, -0.1) is 12.4 Å². The smallest absolute Gasteiger partial charge is 0.307 e. The summed E-state index contributed by atoms with van der Waals surface area (Å²) in [5.74, 6) is -0.281. The zero-order valence-corrected chi connectivity index (χ0v) is 14.5. The first kappa shape index (κ1) is 20.5. The predicted molar refractivity (Wildman–Crippen MR) is 90.5 cm³/mol. The lowest BCUT2D eigenvalue weighted by atomic mass is 10.1. The average molecular weight is 349 g/mol. The van der Waals surface area contributed by atoms with Crippen LogP contribution in [-0.4, -0.2) is 37.0 Å². The van der Waals surface area contributed by atoms with Crippen molar-refractivity contribution in [2.45, 2.75) is 20.3 Å². The molecule has 0 saturated carbocycles. The number of halogens is 2. The molecule has 0 spiro atoms. The molecule has 1 aromatic rings. The summed E-state index contributed by atoms with van der Waals surface area (Å²) in [5, 5.41) is 0.312. The van der Waals surface area contributed by atoms with Crippen molar-refractivity contribution in [2.75, 3.05) is 25.9 Å². The van der Waals surface area contributed by atoms with Crippen molar-refractivity contribution in [2.24, 2.45) is 5.92 Å². The fraction of sp³-hybridized carbons (Fsp3) is 0.467. The van der Waals surface area contributed by atoms with Gasteiger partial charge in [0.05, 0.1) is 24.1 Å². The van der Waals surface area contributed by atoms with E-state index < -0.39 is 0 Å². The van der Waals surface area contributed by atoms with Crippen LogP contribution >= 0.6 is 24.0 Å². The van der Waals surface area contributed by atoms with Crippen LogP contribution in [-0.2, 0) is 9.53 Å². The van der Waals surface area contributed by atoms with E-state index in [9.17, 15) is 9.59 Å². The Morgan fingerprint density at radius 1 is 1.36 bits per heavy atom. The maximum Gasteiger partial charge on any atom is 0.307 e. The van der Waals surface area contributed by atoms with Crippen LogP contribution in [0.25, 0.3) is 0 Å². The van der Waals surface area contributed by atoms with E-state index >= 15 is 0 Å². The molecule has 0 atom stereocenters. The van der Waals surface area contributed by atoms with Crippen LogP contribution in [0.1, 0.15) is 30.6 Å². The van der Waals surface area contributed by atoms with Gasteiger partial charge in [-0.25, -0.2) is 0 Å². The molecular weight excluding hydrogens is 327 g/mol. The number of rotatable bonds is 6. The molecule has 5 nitrogen and oxygen atoms in total. The van der Waals surface area contributed by atoms with Gasteiger partial charge in [-0.05, 0) is 24.1 Å². The molecule has 0 aliphatic carbocycles. The number of esters is 1. The lowest BCUT2D eigenvalue weighted by Gasteiger charge is -2.24. The van der Waals surface area contributed by atoms with Gasteiger partial charge < -0.3 is 15.4 Å². The molecule has 0 radical (unpaired) electrons. The number of hydrogen-bond donors (Lipinski definition) is 1. The van der Waals surface area contributed by atoms with E-state index in [4.69, 9.17) is 17.3 Å². The number of ether oxygens (including phenoxy) is 1. The summed E-state index contributed by atoms with van der Waals surface area (Å²) in [6, 6.07) is 4.78. The number of nitrogens with two attached hydrogens (primary N) is 1. The summed E-state index contributed by atoms with van der Waals surface area (Å²) in [4.78, 5) is 25.4. The topological polar surface area (TPSA) is 72.6 Å². The second-order valence-corrected chi connectivity index (χ2v) is 5.62. The highest BCUT2D eigenvalue weighted by Gasteiger charge is 2.20. The first-order valence-corrected chi connectivity index (χ1v) is 7.14. The Balaban J connectivity index is 0.00000441. The fourth-order valence-corrected chi connectivity index (χ4v) is 2.19. The average Bonchev–Trinajstić information content (AvgIpc) is 2.42. The monoisotopic (exact) mass is 348 g/mol. The summed E-state index contributed by atoms with van der Waals surface area (Å²) in [7, 11) is 1.33. The third-order valence-electron chi connectivity index (χ3n) is 2.91. The number of benzene rings is 1. The van der Waals surface area contributed by atoms with Crippen LogP contribution in [0.2, 0.25) is 5.02 Å². The molecule has 0 bridgehead atoms. The second kappa shape index (κ2) is 9.54. The fourth-order valence-electron chi connectivity index (χ4n) is 1.92. The first-order chi connectivity index (χ1) is 9.85. The molecule has 0 unspecified atom stereocenters. The molecule has 1 aromatic carbocycles. The summed E-state index contributed by atoms with van der Waals surface area (Å²) >= 11 is 6.08. The van der Waals surface area contributed by atoms with Gasteiger partial charge in [-0.3, -0.25) is 9.59 Å². The summed E-state index contributed by atoms with van der Waals surface area (Å²) in [6.45, 7) is 4.84. The molecule has 7 heteroatoms. The number of anilines is 1. The van der Waals surface area contributed by atoms with E-state index in [0.29, 0.717) is 29.4 Å². The van der Waals surface area contributed by atoms with E-state index in [1.165, 1.54) is 7.11 Å². The van der Waals surface area contributed by atoms with Gasteiger partial charge in [0.1, 0.15) is 0 Å². The SMILES string of the molecule is COC(=O)CCN(CC(C)C)C(=O)c1ccc(N)cc1Cl.Cl. The van der Waals surface area contributed by atoms with Crippen molar-refractivity contribution in [3.8, 4) is 0 Å². The summed E-state index contributed by atoms with van der Waals surface area (Å²) in [5.41, 5.74) is 6.52. The molecule has 0 heterocycles. The van der Waals surface area contributed by atoms with Crippen molar-refractivity contribution in [1.29, 1.82) is 0 Å². The zero-order valence-electron chi connectivity index (χ0n) is 13.0. The maximum absolute atomic E-state index is 12.6. The first-order valence-electron chi connectivity index (χ1n) is 6.76. The maximum atomic E-state index is 12.6. The van der Waals surface area contributed by atoms with E-state index in [1.807, 2.05) is 13.8 Å². The number of hydrogen-bond acceptors (Lipinski definition) is 4. The highest BCUT2D eigenvalue weighted by molar-refractivity contribution is 6.34. The van der Waals surface area contributed by atoms with Crippen LogP contribution in [0, 0.1) is 5.92 Å². The number of carbonyl (C=O) groups excluding carboxylic acids is 2. The molecule has 1 amide bonds. The molecule has 0 aliphatic rings. The zero-order chi connectivity index (χ0) is 16.0. The van der Waals surface area contributed by atoms with Crippen molar-refractivity contribution in [1.82, 2.24) is 4.90 Å². The Labute approximate surface area is 142 Å². The van der Waals surface area contributed by atoms with Gasteiger partial charge in [0, 0.05) is 18.8 Å². The van der Waals surface area contributed by atoms with Crippen LogP contribution in [0.5, 0.6) is 0 Å². The molecule has 0 saturated heterocycles. The van der Waals surface area contributed by atoms with Crippen molar-refractivity contribution in [3.63, 3.8) is 0 Å². The minimum Gasteiger partial charge on any atom is -0.469 e. The van der Waals surface area contributed by atoms with Crippen molar-refractivity contribution < 1.29 is 14.3 Å². The Hall–Kier alpha value is -1.46. The molecule has 2 N–H and O–H groups in total. The second-order valence-electron chi connectivity index (χ2n) is 5.21. The number of methoxy groups -OCH3 is 1. The van der Waals surface area contributed by atoms with Crippen molar-refractivity contribution >= 4 is 41.6 Å². The lowest BCUT2D eigenvalue weighted by molar-refractivity contribution is -0.140. The Bertz CT molecular complexity index is 522. The van der Waals surface area contributed by atoms with E-state index in [-0.39, 0.29) is 36.6 Å². The van der Waals surface area contributed by atoms with Gasteiger partial charge in [0.25, 0.3) is 5.91 Å². The van der Waals surface area contributed by atoms with Crippen LogP contribution in [0.4, 0.5) is 5.69 Å². The third kappa shape index (κ3) is 6.12. The largest absolute Gasteiger partial charge is 0.469 e. The standard InChI is InChI=1S/C15H21ClN2O3.ClH/c1-10(2)9-18(7-6-14(19)21-3)15(20)12-5-4-11(17)8-13(12)16;/h4-5,8,10H,6-7,9,17H2,1-3H3;1H. The summed E-state index contributed by atoms with van der Waals surface area (Å²) in [6.07, 6.45) is 0.154. The molecular formula is C15H22Cl2N2O3. The van der Waals surface area contributed by atoms with E-state index in [1.54, 1.807) is 23.1 Å². The highest BCUT2D eigenvalue weighted by atomic mass is 35.5. The van der Waals surface area contributed by atoms with E-state index in [0.717, 1.165) is 0 Å². The molecule has 0 aliphatic heterocycles. The number of nitrogens with zero attached hydrogens (tertiary/aromatic N) is 1. The van der Waals surface area contributed by atoms with Gasteiger partial charge in [0.15, 0.2) is 0 Å². The van der Waals surface area contributed by atoms with Gasteiger partial charge >= 0.3 is 5.97 Å². The molecule has 124 valence electrons. The third-order valence-corrected chi connectivity index (χ3v) is 3.22. The molecule has 0 aromatic heterocycles. The van der Waals surface area contributed by atoms with Gasteiger partial charge in [-0.1, -0.05) is 25.4 Å². The molecule has 22 heavy (non-hydrogen) atoms. The van der Waals surface area contributed by atoms with Crippen LogP contribution < -0.4 is 5.73 Å². The summed E-state index contributed by atoms with van der Waals surface area (Å²) < 4.78 is 4.61. The van der Waals surface area contributed by atoms with Gasteiger partial charge in [0.2, 0.25) is 0 Å². The Kier molecular flexibility index (Phi) is 8.90. The van der Waals surface area contributed by atoms with Crippen molar-refractivity contribution in [3.05, 3.63) is 28.8 Å². The van der Waals surface area contributed by atoms with Crippen LogP contribution in [0.15, 0.2) is 18.2 Å². The molecule has 0 fully saturated rings. The Morgan fingerprint density at radius 2 is 2.00 bits per heavy atom. The Morgan fingerprint density at radius 3 is 2.50 bits per heavy atom. The van der Waals surface area contributed by atoms with Crippen LogP contribution in [0.3, 0.4) is 0 Å². The molecule has 1 rings (SSSR count). The highest BCUT2D eigenvalue weighted by Crippen LogP contribution is 2.21. The number of amides is 1. The number of carbonyl (C=O) groups is 2.